The summed E-state index contributed by atoms with van der Waals surface area (Å²) < 4.78 is 12.7. The molecular formula is C24H26N2O4S. The Labute approximate surface area is 185 Å². The van der Waals surface area contributed by atoms with Gasteiger partial charge in [0.05, 0.1) is 30.4 Å². The number of fused-ring (bicyclic) bond motifs is 1. The van der Waals surface area contributed by atoms with Crippen molar-refractivity contribution in [2.75, 3.05) is 12.9 Å². The van der Waals surface area contributed by atoms with E-state index in [0.717, 1.165) is 36.7 Å². The highest BCUT2D eigenvalue weighted by Crippen LogP contribution is 2.26. The Bertz CT molecular complexity index is 1060. The fourth-order valence-corrected chi connectivity index (χ4v) is 4.65. The molecular weight excluding hydrogens is 412 g/mol. The first-order valence-electron chi connectivity index (χ1n) is 10.6. The van der Waals surface area contributed by atoms with Crippen molar-refractivity contribution in [1.82, 2.24) is 9.55 Å². The molecule has 1 aliphatic rings. The van der Waals surface area contributed by atoms with Crippen molar-refractivity contribution in [3.05, 3.63) is 54.1 Å². The molecule has 0 aliphatic heterocycles. The van der Waals surface area contributed by atoms with Gasteiger partial charge in [-0.25, -0.2) is 4.98 Å². The maximum atomic E-state index is 12.9. The minimum atomic E-state index is -0.225. The molecule has 31 heavy (non-hydrogen) atoms. The van der Waals surface area contributed by atoms with Crippen molar-refractivity contribution in [3.8, 4) is 5.75 Å². The molecule has 0 saturated heterocycles. The summed E-state index contributed by atoms with van der Waals surface area (Å²) in [6, 6.07) is 14.7. The molecule has 1 heterocycles. The Morgan fingerprint density at radius 3 is 2.55 bits per heavy atom. The summed E-state index contributed by atoms with van der Waals surface area (Å²) in [6.45, 7) is 0.146. The smallest absolute Gasteiger partial charge is 0.316 e. The minimum absolute atomic E-state index is 0.0301. The SMILES string of the molecule is COc1ccc(C(=O)Cn2c(SCC(=O)OC3CCCCC3)nc3ccccc32)cc1. The third-order valence-corrected chi connectivity index (χ3v) is 6.45. The number of esters is 1. The van der Waals surface area contributed by atoms with Gasteiger partial charge in [0.25, 0.3) is 0 Å². The highest BCUT2D eigenvalue weighted by atomic mass is 32.2. The predicted molar refractivity (Wildman–Crippen MR) is 121 cm³/mol. The lowest BCUT2D eigenvalue weighted by Gasteiger charge is -2.21. The highest BCUT2D eigenvalue weighted by molar-refractivity contribution is 7.99. The van der Waals surface area contributed by atoms with Crippen molar-refractivity contribution < 1.29 is 19.1 Å². The van der Waals surface area contributed by atoms with Crippen molar-refractivity contribution in [2.45, 2.75) is 49.9 Å². The standard InChI is InChI=1S/C24H26N2O4S/c1-29-18-13-11-17(12-14-18)22(27)15-26-21-10-6-5-9-20(21)25-24(26)31-16-23(28)30-19-7-3-2-4-8-19/h5-6,9-14,19H,2-4,7-8,15-16H2,1H3. The second kappa shape index (κ2) is 10.0. The molecule has 1 aliphatic carbocycles. The summed E-state index contributed by atoms with van der Waals surface area (Å²) >= 11 is 1.32. The van der Waals surface area contributed by atoms with Gasteiger partial charge in [0.2, 0.25) is 0 Å². The molecule has 1 saturated carbocycles. The molecule has 3 aromatic rings. The molecule has 0 bridgehead atoms. The van der Waals surface area contributed by atoms with Crippen LogP contribution in [0.4, 0.5) is 0 Å². The van der Waals surface area contributed by atoms with Crippen LogP contribution in [0.1, 0.15) is 42.5 Å². The summed E-state index contributed by atoms with van der Waals surface area (Å²) in [7, 11) is 1.59. The number of carbonyl (C=O) groups excluding carboxylic acids is 2. The first-order valence-corrected chi connectivity index (χ1v) is 11.6. The number of nitrogens with zero attached hydrogens (tertiary/aromatic N) is 2. The Hall–Kier alpha value is -2.80. The van der Waals surface area contributed by atoms with Gasteiger partial charge in [-0.05, 0) is 62.1 Å². The zero-order valence-corrected chi connectivity index (χ0v) is 18.4. The summed E-state index contributed by atoms with van der Waals surface area (Å²) in [5, 5.41) is 0.642. The average molecular weight is 439 g/mol. The number of Topliss-reactive ketones (excluding diaryl/α,β-unsaturated/α-hetero) is 1. The van der Waals surface area contributed by atoms with Gasteiger partial charge in [-0.2, -0.15) is 0 Å². The number of imidazole rings is 1. The number of ketones is 1. The van der Waals surface area contributed by atoms with E-state index < -0.39 is 0 Å². The van der Waals surface area contributed by atoms with Crippen LogP contribution in [0.15, 0.2) is 53.7 Å². The quantitative estimate of drug-likeness (QED) is 0.283. The van der Waals surface area contributed by atoms with Crippen LogP contribution >= 0.6 is 11.8 Å². The lowest BCUT2D eigenvalue weighted by atomic mass is 9.98. The van der Waals surface area contributed by atoms with Crippen LogP contribution < -0.4 is 4.74 Å². The highest BCUT2D eigenvalue weighted by Gasteiger charge is 2.20. The molecule has 1 fully saturated rings. The molecule has 0 spiro atoms. The van der Waals surface area contributed by atoms with Crippen molar-refractivity contribution in [1.29, 1.82) is 0 Å². The molecule has 0 unspecified atom stereocenters. The van der Waals surface area contributed by atoms with Crippen molar-refractivity contribution in [2.24, 2.45) is 0 Å². The van der Waals surface area contributed by atoms with Crippen molar-refractivity contribution in [3.63, 3.8) is 0 Å². The van der Waals surface area contributed by atoms with Crippen LogP contribution in [0.2, 0.25) is 0 Å². The van der Waals surface area contributed by atoms with E-state index in [9.17, 15) is 9.59 Å². The third kappa shape index (κ3) is 5.28. The number of aromatic nitrogens is 2. The van der Waals surface area contributed by atoms with Crippen molar-refractivity contribution >= 4 is 34.5 Å². The van der Waals surface area contributed by atoms with Crippen LogP contribution in [-0.4, -0.2) is 40.3 Å². The summed E-state index contributed by atoms with van der Waals surface area (Å²) in [4.78, 5) is 29.9. The van der Waals surface area contributed by atoms with Gasteiger partial charge in [0.15, 0.2) is 10.9 Å². The van der Waals surface area contributed by atoms with E-state index >= 15 is 0 Å². The average Bonchev–Trinajstić information content (AvgIpc) is 3.15. The first kappa shape index (κ1) is 21.4. The lowest BCUT2D eigenvalue weighted by molar-refractivity contribution is -0.147. The largest absolute Gasteiger partial charge is 0.497 e. The number of hydrogen-bond acceptors (Lipinski definition) is 6. The van der Waals surface area contributed by atoms with E-state index in [1.165, 1.54) is 18.2 Å². The Kier molecular flexibility index (Phi) is 6.92. The maximum absolute atomic E-state index is 12.9. The van der Waals surface area contributed by atoms with E-state index in [-0.39, 0.29) is 30.2 Å². The topological polar surface area (TPSA) is 70.4 Å². The molecule has 0 radical (unpaired) electrons. The minimum Gasteiger partial charge on any atom is -0.497 e. The summed E-state index contributed by atoms with van der Waals surface area (Å²) in [5.74, 6) is 0.628. The van der Waals surface area contributed by atoms with Gasteiger partial charge >= 0.3 is 5.97 Å². The van der Waals surface area contributed by atoms with Crippen LogP contribution in [0.3, 0.4) is 0 Å². The number of benzene rings is 2. The zero-order valence-electron chi connectivity index (χ0n) is 17.6. The predicted octanol–water partition coefficient (Wildman–Crippen LogP) is 4.90. The summed E-state index contributed by atoms with van der Waals surface area (Å²) in [5.41, 5.74) is 2.27. The van der Waals surface area contributed by atoms with E-state index in [1.54, 1.807) is 31.4 Å². The number of rotatable bonds is 8. The zero-order chi connectivity index (χ0) is 21.6. The Morgan fingerprint density at radius 2 is 1.81 bits per heavy atom. The van der Waals surface area contributed by atoms with E-state index in [2.05, 4.69) is 4.98 Å². The number of methoxy groups -OCH3 is 1. The first-order chi connectivity index (χ1) is 15.1. The number of carbonyl (C=O) groups is 2. The Morgan fingerprint density at radius 1 is 1.06 bits per heavy atom. The fourth-order valence-electron chi connectivity index (χ4n) is 3.85. The molecule has 0 amide bonds. The monoisotopic (exact) mass is 438 g/mol. The maximum Gasteiger partial charge on any atom is 0.316 e. The van der Waals surface area contributed by atoms with Crippen LogP contribution in [0, 0.1) is 0 Å². The molecule has 7 heteroatoms. The van der Waals surface area contributed by atoms with Gasteiger partial charge < -0.3 is 14.0 Å². The molecule has 0 atom stereocenters. The molecule has 162 valence electrons. The van der Waals surface area contributed by atoms with Gasteiger partial charge in [-0.15, -0.1) is 0 Å². The lowest BCUT2D eigenvalue weighted by Crippen LogP contribution is -2.22. The van der Waals surface area contributed by atoms with Crippen LogP contribution in [0.5, 0.6) is 5.75 Å². The number of thioether (sulfide) groups is 1. The second-order valence-corrected chi connectivity index (χ2v) is 8.60. The molecule has 4 rings (SSSR count). The number of hydrogen-bond donors (Lipinski definition) is 0. The second-order valence-electron chi connectivity index (χ2n) is 7.66. The normalized spacial score (nSPS) is 14.5. The van der Waals surface area contributed by atoms with Crippen LogP contribution in [0.25, 0.3) is 11.0 Å². The fraction of sp³-hybridized carbons (Fsp3) is 0.375. The van der Waals surface area contributed by atoms with Gasteiger partial charge in [0.1, 0.15) is 11.9 Å². The van der Waals surface area contributed by atoms with Gasteiger partial charge in [-0.1, -0.05) is 30.3 Å². The third-order valence-electron chi connectivity index (χ3n) is 5.50. The van der Waals surface area contributed by atoms with Gasteiger partial charge in [-0.3, -0.25) is 9.59 Å². The molecule has 0 N–H and O–H groups in total. The number of ether oxygens (including phenoxy) is 2. The van der Waals surface area contributed by atoms with Crippen LogP contribution in [-0.2, 0) is 16.1 Å². The summed E-state index contributed by atoms with van der Waals surface area (Å²) in [6.07, 6.45) is 5.39. The number of para-hydroxylation sites is 2. The van der Waals surface area contributed by atoms with E-state index in [0.29, 0.717) is 16.5 Å². The molecule has 1 aromatic heterocycles. The molecule has 6 nitrogen and oxygen atoms in total. The van der Waals surface area contributed by atoms with E-state index in [1.807, 2.05) is 28.8 Å². The molecule has 2 aromatic carbocycles. The van der Waals surface area contributed by atoms with E-state index in [4.69, 9.17) is 9.47 Å². The Balaban J connectivity index is 1.48. The van der Waals surface area contributed by atoms with Gasteiger partial charge in [0, 0.05) is 5.56 Å².